The van der Waals surface area contributed by atoms with E-state index in [4.69, 9.17) is 15.2 Å². The van der Waals surface area contributed by atoms with Crippen LogP contribution in [0.25, 0.3) is 0 Å². The Balaban J connectivity index is 1.90. The number of aryl methyl sites for hydroxylation is 1. The summed E-state index contributed by atoms with van der Waals surface area (Å²) >= 11 is 0. The topological polar surface area (TPSA) is 68.9 Å². The number of nitrogens with one attached hydrogen (secondary N) is 1. The van der Waals surface area contributed by atoms with Crippen molar-refractivity contribution in [1.82, 2.24) is 0 Å². The van der Waals surface area contributed by atoms with Gasteiger partial charge in [-0.1, -0.05) is 30.7 Å². The van der Waals surface area contributed by atoms with E-state index in [0.29, 0.717) is 18.4 Å². The molecule has 1 atom stereocenters. The fourth-order valence-electron chi connectivity index (χ4n) is 2.55. The Hall–Kier alpha value is -2.69. The second-order valence-electron chi connectivity index (χ2n) is 6.22. The van der Waals surface area contributed by atoms with Gasteiger partial charge >= 0.3 is 0 Å². The van der Waals surface area contributed by atoms with Gasteiger partial charge in [0.2, 0.25) is 0 Å². The minimum Gasteiger partial charge on any atom is -0.493 e. The Bertz CT molecular complexity index is 711. The lowest BCUT2D eigenvalue weighted by atomic mass is 10.0. The smallest absolute Gasteiger partial charge is 0.193 e. The first-order chi connectivity index (χ1) is 12.0. The second-order valence-corrected chi connectivity index (χ2v) is 6.22. The van der Waals surface area contributed by atoms with Gasteiger partial charge in [-0.15, -0.1) is 0 Å². The molecule has 0 amide bonds. The fraction of sp³-hybridized carbons (Fsp3) is 0.350. The summed E-state index contributed by atoms with van der Waals surface area (Å²) in [5.41, 5.74) is 9.31. The molecular weight excluding hydrogens is 314 g/mol. The van der Waals surface area contributed by atoms with Gasteiger partial charge in [-0.2, -0.15) is 0 Å². The van der Waals surface area contributed by atoms with E-state index in [0.717, 1.165) is 23.6 Å². The molecule has 0 aromatic heterocycles. The highest BCUT2D eigenvalue weighted by atomic mass is 16.5. The lowest BCUT2D eigenvalue weighted by Gasteiger charge is -2.13. The molecule has 2 aromatic carbocycles. The van der Waals surface area contributed by atoms with Crippen molar-refractivity contribution in [3.05, 3.63) is 53.6 Å². The molecule has 0 bridgehead atoms. The number of ether oxygens (including phenoxy) is 2. The van der Waals surface area contributed by atoms with Gasteiger partial charge in [-0.25, -0.2) is 0 Å². The van der Waals surface area contributed by atoms with Crippen LogP contribution in [-0.4, -0.2) is 26.7 Å². The molecule has 0 aliphatic carbocycles. The number of nitrogens with zero attached hydrogens (tertiary/aromatic N) is 1. The van der Waals surface area contributed by atoms with Crippen LogP contribution in [0.2, 0.25) is 0 Å². The molecule has 1 unspecified atom stereocenters. The van der Waals surface area contributed by atoms with Crippen molar-refractivity contribution >= 4 is 11.6 Å². The lowest BCUT2D eigenvalue weighted by molar-refractivity contribution is 0.354. The standard InChI is InChI=1S/C20H27N3O2/c1-14-5-8-17(9-6-14)23-20(21)22-13-15(2)11-16-7-10-18(24-3)19(12-16)25-4/h5-10,12,15H,11,13H2,1-4H3,(H3,21,22,23). The number of guanidine groups is 1. The third kappa shape index (κ3) is 5.71. The van der Waals surface area contributed by atoms with E-state index in [1.807, 2.05) is 36.4 Å². The summed E-state index contributed by atoms with van der Waals surface area (Å²) in [7, 11) is 3.28. The summed E-state index contributed by atoms with van der Waals surface area (Å²) < 4.78 is 10.6. The van der Waals surface area contributed by atoms with E-state index in [9.17, 15) is 0 Å². The Morgan fingerprint density at radius 3 is 2.40 bits per heavy atom. The summed E-state index contributed by atoms with van der Waals surface area (Å²) in [4.78, 5) is 4.44. The number of nitrogens with two attached hydrogens (primary N) is 1. The number of benzene rings is 2. The van der Waals surface area contributed by atoms with E-state index >= 15 is 0 Å². The molecule has 134 valence electrons. The van der Waals surface area contributed by atoms with Crippen LogP contribution in [0.4, 0.5) is 5.69 Å². The van der Waals surface area contributed by atoms with Crippen molar-refractivity contribution in [2.45, 2.75) is 20.3 Å². The molecule has 2 aromatic rings. The maximum Gasteiger partial charge on any atom is 0.193 e. The van der Waals surface area contributed by atoms with Crippen LogP contribution in [0.15, 0.2) is 47.5 Å². The Morgan fingerprint density at radius 2 is 1.76 bits per heavy atom. The minimum atomic E-state index is 0.358. The van der Waals surface area contributed by atoms with Crippen LogP contribution in [0.3, 0.4) is 0 Å². The molecule has 0 aliphatic heterocycles. The van der Waals surface area contributed by atoms with Crippen LogP contribution in [0.5, 0.6) is 11.5 Å². The summed E-state index contributed by atoms with van der Waals surface area (Å²) in [6.45, 7) is 4.86. The van der Waals surface area contributed by atoms with Gasteiger partial charge in [-0.05, 0) is 49.1 Å². The average Bonchev–Trinajstić information content (AvgIpc) is 2.62. The number of hydrogen-bond acceptors (Lipinski definition) is 3. The molecule has 0 aliphatic rings. The third-order valence-corrected chi connectivity index (χ3v) is 3.93. The number of rotatable bonds is 7. The quantitative estimate of drug-likeness (QED) is 0.596. The van der Waals surface area contributed by atoms with Gasteiger partial charge in [0.25, 0.3) is 0 Å². The molecule has 5 nitrogen and oxygen atoms in total. The van der Waals surface area contributed by atoms with E-state index in [1.165, 1.54) is 11.1 Å². The first kappa shape index (κ1) is 18.6. The molecule has 5 heteroatoms. The molecule has 0 spiro atoms. The molecule has 0 saturated carbocycles. The van der Waals surface area contributed by atoms with Crippen LogP contribution in [-0.2, 0) is 6.42 Å². The molecule has 0 saturated heterocycles. The molecular formula is C20H27N3O2. The van der Waals surface area contributed by atoms with Crippen LogP contribution < -0.4 is 20.5 Å². The van der Waals surface area contributed by atoms with Gasteiger partial charge in [0, 0.05) is 12.2 Å². The lowest BCUT2D eigenvalue weighted by Crippen LogP contribution is -2.23. The second kappa shape index (κ2) is 8.97. The molecule has 3 N–H and O–H groups in total. The van der Waals surface area contributed by atoms with Gasteiger partial charge in [0.15, 0.2) is 17.5 Å². The Morgan fingerprint density at radius 1 is 1.08 bits per heavy atom. The maximum atomic E-state index is 5.97. The zero-order valence-corrected chi connectivity index (χ0v) is 15.4. The van der Waals surface area contributed by atoms with Crippen molar-refractivity contribution in [2.75, 3.05) is 26.1 Å². The summed E-state index contributed by atoms with van der Waals surface area (Å²) in [5, 5.41) is 3.11. The molecule has 0 fully saturated rings. The number of aliphatic imine (C=N–C) groups is 1. The monoisotopic (exact) mass is 341 g/mol. The van der Waals surface area contributed by atoms with Crippen molar-refractivity contribution in [3.8, 4) is 11.5 Å². The van der Waals surface area contributed by atoms with Gasteiger partial charge < -0.3 is 20.5 Å². The average molecular weight is 341 g/mol. The molecule has 0 radical (unpaired) electrons. The van der Waals surface area contributed by atoms with Crippen molar-refractivity contribution < 1.29 is 9.47 Å². The molecule has 2 rings (SSSR count). The molecule has 0 heterocycles. The predicted octanol–water partition coefficient (Wildman–Crippen LogP) is 3.62. The highest BCUT2D eigenvalue weighted by Gasteiger charge is 2.08. The fourth-order valence-corrected chi connectivity index (χ4v) is 2.55. The van der Waals surface area contributed by atoms with Crippen molar-refractivity contribution in [2.24, 2.45) is 16.6 Å². The maximum absolute atomic E-state index is 5.97. The van der Waals surface area contributed by atoms with E-state index < -0.39 is 0 Å². The van der Waals surface area contributed by atoms with Crippen LogP contribution in [0, 0.1) is 12.8 Å². The number of methoxy groups -OCH3 is 2. The zero-order chi connectivity index (χ0) is 18.2. The summed E-state index contributed by atoms with van der Waals surface area (Å²) in [6, 6.07) is 14.0. The Labute approximate surface area is 149 Å². The highest BCUT2D eigenvalue weighted by Crippen LogP contribution is 2.28. The van der Waals surface area contributed by atoms with Crippen LogP contribution in [0.1, 0.15) is 18.1 Å². The Kier molecular flexibility index (Phi) is 6.69. The van der Waals surface area contributed by atoms with Gasteiger partial charge in [-0.3, -0.25) is 4.99 Å². The third-order valence-electron chi connectivity index (χ3n) is 3.93. The minimum absolute atomic E-state index is 0.358. The van der Waals surface area contributed by atoms with E-state index in [2.05, 4.69) is 30.2 Å². The normalized spacial score (nSPS) is 12.6. The van der Waals surface area contributed by atoms with Crippen LogP contribution >= 0.6 is 0 Å². The van der Waals surface area contributed by atoms with E-state index in [-0.39, 0.29) is 0 Å². The summed E-state index contributed by atoms with van der Waals surface area (Å²) in [6.07, 6.45) is 0.891. The predicted molar refractivity (Wildman–Crippen MR) is 104 cm³/mol. The van der Waals surface area contributed by atoms with Gasteiger partial charge in [0.1, 0.15) is 0 Å². The van der Waals surface area contributed by atoms with Crippen molar-refractivity contribution in [1.29, 1.82) is 0 Å². The number of anilines is 1. The van der Waals surface area contributed by atoms with E-state index in [1.54, 1.807) is 14.2 Å². The zero-order valence-electron chi connectivity index (χ0n) is 15.4. The SMILES string of the molecule is COc1ccc(CC(C)CN=C(N)Nc2ccc(C)cc2)cc1OC. The van der Waals surface area contributed by atoms with Crippen molar-refractivity contribution in [3.63, 3.8) is 0 Å². The first-order valence-corrected chi connectivity index (χ1v) is 8.36. The molecule has 25 heavy (non-hydrogen) atoms. The highest BCUT2D eigenvalue weighted by molar-refractivity contribution is 5.92. The number of hydrogen-bond donors (Lipinski definition) is 2. The first-order valence-electron chi connectivity index (χ1n) is 8.36. The summed E-state index contributed by atoms with van der Waals surface area (Å²) in [5.74, 6) is 2.28. The largest absolute Gasteiger partial charge is 0.493 e. The van der Waals surface area contributed by atoms with Gasteiger partial charge in [0.05, 0.1) is 14.2 Å².